The van der Waals surface area contributed by atoms with Crippen molar-refractivity contribution < 1.29 is 9.53 Å². The summed E-state index contributed by atoms with van der Waals surface area (Å²) in [6.45, 7) is 5.56. The van der Waals surface area contributed by atoms with E-state index in [1.165, 1.54) is 6.20 Å². The Labute approximate surface area is 153 Å². The third-order valence-electron chi connectivity index (χ3n) is 3.88. The topological polar surface area (TPSA) is 77.4 Å². The van der Waals surface area contributed by atoms with E-state index in [1.807, 2.05) is 18.2 Å². The zero-order chi connectivity index (χ0) is 17.9. The molecule has 1 aliphatic rings. The highest BCUT2D eigenvalue weighted by atomic mass is 35.5. The first kappa shape index (κ1) is 19.3. The summed E-state index contributed by atoms with van der Waals surface area (Å²) in [6.07, 6.45) is 2.43. The van der Waals surface area contributed by atoms with E-state index < -0.39 is 5.91 Å². The number of benzene rings is 1. The van der Waals surface area contributed by atoms with Gasteiger partial charge in [0, 0.05) is 37.4 Å². The quantitative estimate of drug-likeness (QED) is 0.418. The summed E-state index contributed by atoms with van der Waals surface area (Å²) in [4.78, 5) is 14.4. The lowest BCUT2D eigenvalue weighted by Gasteiger charge is -2.26. The molecule has 7 heteroatoms. The van der Waals surface area contributed by atoms with Crippen LogP contribution in [0.3, 0.4) is 0 Å². The fraction of sp³-hybridized carbons (Fsp3) is 0.444. The first-order valence-electron chi connectivity index (χ1n) is 8.35. The predicted octanol–water partition coefficient (Wildman–Crippen LogP) is 1.68. The standard InChI is InChI=1S/C18H23ClN4O2/c19-17-4-2-15(3-5-17)13-22-18(24)16(12-20)14-21-6-1-7-23-8-10-25-11-9-23/h2-5,14,21H,1,6-11,13H2,(H,22,24)/b16-14-. The molecule has 0 aliphatic carbocycles. The van der Waals surface area contributed by atoms with Gasteiger partial charge in [-0.15, -0.1) is 0 Å². The Hall–Kier alpha value is -2.07. The van der Waals surface area contributed by atoms with Gasteiger partial charge in [-0.3, -0.25) is 9.69 Å². The van der Waals surface area contributed by atoms with Crippen LogP contribution in [0.5, 0.6) is 0 Å². The maximum Gasteiger partial charge on any atom is 0.263 e. The molecule has 0 radical (unpaired) electrons. The highest BCUT2D eigenvalue weighted by Crippen LogP contribution is 2.09. The van der Waals surface area contributed by atoms with Gasteiger partial charge in [-0.25, -0.2) is 0 Å². The molecule has 134 valence electrons. The van der Waals surface area contributed by atoms with Gasteiger partial charge in [0.25, 0.3) is 5.91 Å². The number of hydrogen-bond donors (Lipinski definition) is 2. The SMILES string of the molecule is N#C/C(=C/NCCCN1CCOCC1)C(=O)NCc1ccc(Cl)cc1. The van der Waals surface area contributed by atoms with Gasteiger partial charge in [0.15, 0.2) is 0 Å². The Kier molecular flexibility index (Phi) is 8.26. The number of carbonyl (C=O) groups excluding carboxylic acids is 1. The van der Waals surface area contributed by atoms with Crippen molar-refractivity contribution in [1.82, 2.24) is 15.5 Å². The van der Waals surface area contributed by atoms with Crippen LogP contribution in [0.4, 0.5) is 0 Å². The summed E-state index contributed by atoms with van der Waals surface area (Å²) in [5, 5.41) is 15.5. The Balaban J connectivity index is 1.68. The second-order valence-corrected chi connectivity index (χ2v) is 6.18. The number of nitrogens with zero attached hydrogens (tertiary/aromatic N) is 2. The number of hydrogen-bond acceptors (Lipinski definition) is 5. The number of amides is 1. The summed E-state index contributed by atoms with van der Waals surface area (Å²) in [5.41, 5.74) is 0.994. The van der Waals surface area contributed by atoms with Crippen LogP contribution >= 0.6 is 11.6 Å². The van der Waals surface area contributed by atoms with Crippen LogP contribution in [-0.4, -0.2) is 50.2 Å². The molecule has 1 fully saturated rings. The van der Waals surface area contributed by atoms with E-state index in [0.717, 1.165) is 44.8 Å². The number of ether oxygens (including phenoxy) is 1. The average Bonchev–Trinajstić information content (AvgIpc) is 2.65. The fourth-order valence-electron chi connectivity index (χ4n) is 2.43. The lowest BCUT2D eigenvalue weighted by atomic mass is 10.2. The molecule has 1 aliphatic heterocycles. The first-order chi connectivity index (χ1) is 12.2. The summed E-state index contributed by atoms with van der Waals surface area (Å²) in [7, 11) is 0. The number of nitrogens with one attached hydrogen (secondary N) is 2. The fourth-order valence-corrected chi connectivity index (χ4v) is 2.56. The summed E-state index contributed by atoms with van der Waals surface area (Å²) >= 11 is 5.82. The van der Waals surface area contributed by atoms with Gasteiger partial charge < -0.3 is 15.4 Å². The minimum Gasteiger partial charge on any atom is -0.390 e. The van der Waals surface area contributed by atoms with Crippen molar-refractivity contribution in [3.05, 3.63) is 46.6 Å². The first-order valence-corrected chi connectivity index (χ1v) is 8.73. The van der Waals surface area contributed by atoms with Crippen LogP contribution in [0.25, 0.3) is 0 Å². The van der Waals surface area contributed by atoms with E-state index >= 15 is 0 Å². The summed E-state index contributed by atoms with van der Waals surface area (Å²) < 4.78 is 5.31. The molecule has 6 nitrogen and oxygen atoms in total. The molecule has 1 aromatic rings. The van der Waals surface area contributed by atoms with Crippen LogP contribution in [0.15, 0.2) is 36.0 Å². The number of nitriles is 1. The molecule has 1 aromatic carbocycles. The van der Waals surface area contributed by atoms with Crippen LogP contribution in [0.1, 0.15) is 12.0 Å². The molecule has 0 atom stereocenters. The molecule has 0 aromatic heterocycles. The Morgan fingerprint density at radius 2 is 2.04 bits per heavy atom. The molecule has 0 bridgehead atoms. The van der Waals surface area contributed by atoms with E-state index in [1.54, 1.807) is 12.1 Å². The molecule has 1 heterocycles. The van der Waals surface area contributed by atoms with Crippen molar-refractivity contribution in [2.24, 2.45) is 0 Å². The van der Waals surface area contributed by atoms with Crippen molar-refractivity contribution in [3.63, 3.8) is 0 Å². The minimum atomic E-state index is -0.391. The van der Waals surface area contributed by atoms with Gasteiger partial charge >= 0.3 is 0 Å². The lowest BCUT2D eigenvalue weighted by Crippen LogP contribution is -2.37. The van der Waals surface area contributed by atoms with Crippen molar-refractivity contribution in [2.75, 3.05) is 39.4 Å². The minimum absolute atomic E-state index is 0.0698. The van der Waals surface area contributed by atoms with Crippen LogP contribution in [0, 0.1) is 11.3 Å². The highest BCUT2D eigenvalue weighted by molar-refractivity contribution is 6.30. The third-order valence-corrected chi connectivity index (χ3v) is 4.13. The molecule has 0 spiro atoms. The molecular weight excluding hydrogens is 340 g/mol. The van der Waals surface area contributed by atoms with Crippen molar-refractivity contribution >= 4 is 17.5 Å². The molecule has 0 unspecified atom stereocenters. The second kappa shape index (κ2) is 10.7. The molecule has 2 rings (SSSR count). The van der Waals surface area contributed by atoms with Gasteiger partial charge in [-0.2, -0.15) is 5.26 Å². The monoisotopic (exact) mass is 362 g/mol. The van der Waals surface area contributed by atoms with E-state index in [9.17, 15) is 4.79 Å². The van der Waals surface area contributed by atoms with Gasteiger partial charge in [0.1, 0.15) is 11.6 Å². The molecule has 1 amide bonds. The van der Waals surface area contributed by atoms with Crippen molar-refractivity contribution in [2.45, 2.75) is 13.0 Å². The maximum atomic E-state index is 12.0. The molecular formula is C18H23ClN4O2. The third kappa shape index (κ3) is 7.14. The maximum absolute atomic E-state index is 12.0. The number of rotatable bonds is 8. The Morgan fingerprint density at radius 3 is 2.72 bits per heavy atom. The van der Waals surface area contributed by atoms with Gasteiger partial charge in [-0.1, -0.05) is 23.7 Å². The van der Waals surface area contributed by atoms with E-state index in [2.05, 4.69) is 15.5 Å². The van der Waals surface area contributed by atoms with E-state index in [4.69, 9.17) is 21.6 Å². The normalized spacial score (nSPS) is 15.4. The smallest absolute Gasteiger partial charge is 0.263 e. The predicted molar refractivity (Wildman–Crippen MR) is 96.9 cm³/mol. The van der Waals surface area contributed by atoms with Gasteiger partial charge in [0.05, 0.1) is 13.2 Å². The van der Waals surface area contributed by atoms with Crippen LogP contribution in [0.2, 0.25) is 5.02 Å². The molecule has 1 saturated heterocycles. The molecule has 0 saturated carbocycles. The van der Waals surface area contributed by atoms with Crippen molar-refractivity contribution in [3.8, 4) is 6.07 Å². The highest BCUT2D eigenvalue weighted by Gasteiger charge is 2.10. The van der Waals surface area contributed by atoms with E-state index in [-0.39, 0.29) is 5.57 Å². The number of halogens is 1. The largest absolute Gasteiger partial charge is 0.390 e. The number of carbonyl (C=O) groups is 1. The van der Waals surface area contributed by atoms with Gasteiger partial charge in [0.2, 0.25) is 0 Å². The average molecular weight is 363 g/mol. The molecule has 2 N–H and O–H groups in total. The van der Waals surface area contributed by atoms with Crippen molar-refractivity contribution in [1.29, 1.82) is 5.26 Å². The Morgan fingerprint density at radius 1 is 1.32 bits per heavy atom. The van der Waals surface area contributed by atoms with Gasteiger partial charge in [-0.05, 0) is 30.7 Å². The number of morpholine rings is 1. The van der Waals surface area contributed by atoms with Crippen LogP contribution in [-0.2, 0) is 16.1 Å². The molecule has 25 heavy (non-hydrogen) atoms. The second-order valence-electron chi connectivity index (χ2n) is 5.74. The van der Waals surface area contributed by atoms with E-state index in [0.29, 0.717) is 18.1 Å². The Bertz CT molecular complexity index is 619. The summed E-state index contributed by atoms with van der Waals surface area (Å²) in [6, 6.07) is 9.13. The lowest BCUT2D eigenvalue weighted by molar-refractivity contribution is -0.117. The zero-order valence-electron chi connectivity index (χ0n) is 14.1. The zero-order valence-corrected chi connectivity index (χ0v) is 14.9. The van der Waals surface area contributed by atoms with Crippen LogP contribution < -0.4 is 10.6 Å². The summed E-state index contributed by atoms with van der Waals surface area (Å²) in [5.74, 6) is -0.391.